The molecule has 0 radical (unpaired) electrons. The molecule has 0 aliphatic heterocycles. The van der Waals surface area contributed by atoms with Crippen LogP contribution in [0.4, 0.5) is 13.2 Å². The molecule has 3 nitrogen and oxygen atoms in total. The summed E-state index contributed by atoms with van der Waals surface area (Å²) in [5.41, 5.74) is -0.221. The highest BCUT2D eigenvalue weighted by molar-refractivity contribution is 5.93. The Kier molecular flexibility index (Phi) is 3.63. The maximum Gasteiger partial charge on any atom is 0.416 e. The number of alkyl halides is 3. The standard InChI is InChI=1S/C15H11F3O3/c1-8-5-10(7-12(19)13(8)14(20)21)9-3-2-4-11(6-9)15(16,17)18/h2-7,19H,1H3,(H,20,21). The van der Waals surface area contributed by atoms with Crippen molar-refractivity contribution in [3.05, 3.63) is 53.1 Å². The van der Waals surface area contributed by atoms with Crippen LogP contribution in [0.2, 0.25) is 0 Å². The van der Waals surface area contributed by atoms with Crippen LogP contribution in [-0.2, 0) is 6.18 Å². The van der Waals surface area contributed by atoms with Gasteiger partial charge in [-0.1, -0.05) is 18.2 Å². The second-order valence-electron chi connectivity index (χ2n) is 4.57. The van der Waals surface area contributed by atoms with E-state index in [0.29, 0.717) is 5.56 Å². The molecule has 6 heteroatoms. The fourth-order valence-electron chi connectivity index (χ4n) is 2.09. The molecular formula is C15H11F3O3. The van der Waals surface area contributed by atoms with E-state index >= 15 is 0 Å². The molecule has 2 aromatic rings. The Labute approximate surface area is 118 Å². The number of rotatable bonds is 2. The van der Waals surface area contributed by atoms with E-state index in [2.05, 4.69) is 0 Å². The lowest BCUT2D eigenvalue weighted by atomic mass is 9.97. The minimum Gasteiger partial charge on any atom is -0.507 e. The van der Waals surface area contributed by atoms with Crippen LogP contribution >= 0.6 is 0 Å². The Morgan fingerprint density at radius 1 is 1.10 bits per heavy atom. The van der Waals surface area contributed by atoms with Crippen molar-refractivity contribution < 1.29 is 28.2 Å². The summed E-state index contributed by atoms with van der Waals surface area (Å²) >= 11 is 0. The summed E-state index contributed by atoms with van der Waals surface area (Å²) in [6, 6.07) is 7.20. The Hall–Kier alpha value is -2.50. The number of phenols is 1. The minimum absolute atomic E-state index is 0.250. The molecule has 110 valence electrons. The van der Waals surface area contributed by atoms with Crippen LogP contribution in [0, 0.1) is 6.92 Å². The van der Waals surface area contributed by atoms with Crippen molar-refractivity contribution in [2.75, 3.05) is 0 Å². The maximum absolute atomic E-state index is 12.7. The summed E-state index contributed by atoms with van der Waals surface area (Å²) in [4.78, 5) is 11.0. The molecule has 0 heterocycles. The van der Waals surface area contributed by atoms with Crippen LogP contribution in [-0.4, -0.2) is 16.2 Å². The highest BCUT2D eigenvalue weighted by Crippen LogP contribution is 2.34. The van der Waals surface area contributed by atoms with Gasteiger partial charge in [-0.3, -0.25) is 0 Å². The Morgan fingerprint density at radius 2 is 1.76 bits per heavy atom. The summed E-state index contributed by atoms with van der Waals surface area (Å²) < 4.78 is 38.1. The highest BCUT2D eigenvalue weighted by Gasteiger charge is 2.30. The molecule has 2 aromatic carbocycles. The van der Waals surface area contributed by atoms with Crippen molar-refractivity contribution in [3.63, 3.8) is 0 Å². The van der Waals surface area contributed by atoms with Crippen LogP contribution in [0.5, 0.6) is 5.75 Å². The van der Waals surface area contributed by atoms with Gasteiger partial charge in [0.2, 0.25) is 0 Å². The largest absolute Gasteiger partial charge is 0.507 e. The maximum atomic E-state index is 12.7. The quantitative estimate of drug-likeness (QED) is 0.877. The van der Waals surface area contributed by atoms with E-state index in [9.17, 15) is 23.1 Å². The fraction of sp³-hybridized carbons (Fsp3) is 0.133. The molecular weight excluding hydrogens is 285 g/mol. The van der Waals surface area contributed by atoms with Gasteiger partial charge < -0.3 is 10.2 Å². The summed E-state index contributed by atoms with van der Waals surface area (Å²) in [5, 5.41) is 18.7. The minimum atomic E-state index is -4.46. The number of carbonyl (C=O) groups is 1. The third kappa shape index (κ3) is 2.99. The number of aryl methyl sites for hydroxylation is 1. The number of halogens is 3. The summed E-state index contributed by atoms with van der Waals surface area (Å²) in [6.07, 6.45) is -4.46. The predicted octanol–water partition coefficient (Wildman–Crippen LogP) is 4.08. The van der Waals surface area contributed by atoms with Gasteiger partial charge in [0.1, 0.15) is 11.3 Å². The van der Waals surface area contributed by atoms with E-state index in [1.165, 1.54) is 25.1 Å². The lowest BCUT2D eigenvalue weighted by Gasteiger charge is -2.11. The molecule has 0 aromatic heterocycles. The number of carboxylic acids is 1. The smallest absolute Gasteiger partial charge is 0.416 e. The zero-order valence-electron chi connectivity index (χ0n) is 10.9. The fourth-order valence-corrected chi connectivity index (χ4v) is 2.09. The van der Waals surface area contributed by atoms with E-state index in [0.717, 1.165) is 18.2 Å². The molecule has 2 N–H and O–H groups in total. The molecule has 0 aliphatic rings. The van der Waals surface area contributed by atoms with Crippen LogP contribution in [0.3, 0.4) is 0 Å². The Morgan fingerprint density at radius 3 is 2.29 bits per heavy atom. The third-order valence-corrected chi connectivity index (χ3v) is 3.05. The zero-order valence-corrected chi connectivity index (χ0v) is 10.9. The average Bonchev–Trinajstić information content (AvgIpc) is 2.36. The van der Waals surface area contributed by atoms with Gasteiger partial charge in [-0.05, 0) is 41.8 Å². The molecule has 0 aliphatic carbocycles. The number of carboxylic acid groups (broad SMARTS) is 1. The first-order valence-corrected chi connectivity index (χ1v) is 5.94. The van der Waals surface area contributed by atoms with E-state index in [1.807, 2.05) is 0 Å². The lowest BCUT2D eigenvalue weighted by Crippen LogP contribution is -2.04. The molecule has 21 heavy (non-hydrogen) atoms. The van der Waals surface area contributed by atoms with E-state index in [1.54, 1.807) is 0 Å². The number of benzene rings is 2. The molecule has 0 saturated carbocycles. The molecule has 0 atom stereocenters. The molecule has 0 saturated heterocycles. The van der Waals surface area contributed by atoms with Gasteiger partial charge in [0.05, 0.1) is 5.56 Å². The van der Waals surface area contributed by atoms with Crippen molar-refractivity contribution in [2.45, 2.75) is 13.1 Å². The van der Waals surface area contributed by atoms with E-state index in [-0.39, 0.29) is 16.7 Å². The first-order valence-electron chi connectivity index (χ1n) is 5.94. The van der Waals surface area contributed by atoms with Crippen LogP contribution in [0.15, 0.2) is 36.4 Å². The lowest BCUT2D eigenvalue weighted by molar-refractivity contribution is -0.137. The molecule has 2 rings (SSSR count). The Bertz CT molecular complexity index is 683. The monoisotopic (exact) mass is 296 g/mol. The van der Waals surface area contributed by atoms with Crippen molar-refractivity contribution in [2.24, 2.45) is 0 Å². The van der Waals surface area contributed by atoms with Crippen molar-refractivity contribution in [1.29, 1.82) is 0 Å². The molecule has 0 spiro atoms. The van der Waals surface area contributed by atoms with Crippen LogP contribution < -0.4 is 0 Å². The van der Waals surface area contributed by atoms with Crippen molar-refractivity contribution in [1.82, 2.24) is 0 Å². The van der Waals surface area contributed by atoms with Gasteiger partial charge in [0, 0.05) is 0 Å². The van der Waals surface area contributed by atoms with Gasteiger partial charge in [0.15, 0.2) is 0 Å². The topological polar surface area (TPSA) is 57.5 Å². The number of hydrogen-bond acceptors (Lipinski definition) is 2. The third-order valence-electron chi connectivity index (χ3n) is 3.05. The number of aromatic carboxylic acids is 1. The zero-order chi connectivity index (χ0) is 15.8. The number of hydrogen-bond donors (Lipinski definition) is 2. The average molecular weight is 296 g/mol. The number of aromatic hydroxyl groups is 1. The van der Waals surface area contributed by atoms with Gasteiger partial charge >= 0.3 is 12.1 Å². The van der Waals surface area contributed by atoms with Gasteiger partial charge in [-0.2, -0.15) is 13.2 Å². The van der Waals surface area contributed by atoms with Crippen LogP contribution in [0.25, 0.3) is 11.1 Å². The van der Waals surface area contributed by atoms with Crippen molar-refractivity contribution in [3.8, 4) is 16.9 Å². The van der Waals surface area contributed by atoms with Gasteiger partial charge in [0.25, 0.3) is 0 Å². The second-order valence-corrected chi connectivity index (χ2v) is 4.57. The SMILES string of the molecule is Cc1cc(-c2cccc(C(F)(F)F)c2)cc(O)c1C(=O)O. The molecule has 0 unspecified atom stereocenters. The van der Waals surface area contributed by atoms with Crippen LogP contribution in [0.1, 0.15) is 21.5 Å². The second kappa shape index (κ2) is 5.12. The molecule has 0 bridgehead atoms. The highest BCUT2D eigenvalue weighted by atomic mass is 19.4. The first kappa shape index (κ1) is 14.9. The summed E-state index contributed by atoms with van der Waals surface area (Å²) in [5.74, 6) is -1.77. The predicted molar refractivity (Wildman–Crippen MR) is 70.2 cm³/mol. The van der Waals surface area contributed by atoms with Gasteiger partial charge in [-0.15, -0.1) is 0 Å². The van der Waals surface area contributed by atoms with Gasteiger partial charge in [-0.25, -0.2) is 4.79 Å². The summed E-state index contributed by atoms with van der Waals surface area (Å²) in [6.45, 7) is 1.47. The molecule has 0 fully saturated rings. The normalized spacial score (nSPS) is 11.4. The van der Waals surface area contributed by atoms with E-state index in [4.69, 9.17) is 5.11 Å². The first-order chi connectivity index (χ1) is 9.70. The van der Waals surface area contributed by atoms with Crippen molar-refractivity contribution >= 4 is 5.97 Å². The summed E-state index contributed by atoms with van der Waals surface area (Å²) in [7, 11) is 0. The van der Waals surface area contributed by atoms with E-state index < -0.39 is 23.5 Å². The molecule has 0 amide bonds. The Balaban J connectivity index is 2.56.